The zero-order valence-electron chi connectivity index (χ0n) is 13.8. The number of hydrogen-bond donors (Lipinski definition) is 1. The molecule has 0 spiro atoms. The molecule has 22 heavy (non-hydrogen) atoms. The molecular formula is C21H23N. The van der Waals surface area contributed by atoms with E-state index in [1.54, 1.807) is 0 Å². The predicted octanol–water partition coefficient (Wildman–Crippen LogP) is 5.46. The Hall–Kier alpha value is -2.28. The molecule has 1 heterocycles. The first-order chi connectivity index (χ1) is 10.5. The summed E-state index contributed by atoms with van der Waals surface area (Å²) < 4.78 is 0. The molecule has 0 aromatic heterocycles. The Morgan fingerprint density at radius 3 is 2.27 bits per heavy atom. The smallest absolute Gasteiger partial charge is 0.0725 e. The highest BCUT2D eigenvalue weighted by Gasteiger charge is 2.16. The van der Waals surface area contributed by atoms with Crippen LogP contribution >= 0.6 is 0 Å². The van der Waals surface area contributed by atoms with Gasteiger partial charge in [-0.25, -0.2) is 0 Å². The van der Waals surface area contributed by atoms with E-state index in [0.717, 1.165) is 0 Å². The number of dihydropyridines is 1. The highest BCUT2D eigenvalue weighted by molar-refractivity contribution is 5.66. The Bertz CT molecular complexity index is 745. The van der Waals surface area contributed by atoms with E-state index >= 15 is 0 Å². The highest BCUT2D eigenvalue weighted by atomic mass is 14.9. The van der Waals surface area contributed by atoms with Gasteiger partial charge in [0.25, 0.3) is 0 Å². The second kappa shape index (κ2) is 5.84. The summed E-state index contributed by atoms with van der Waals surface area (Å²) in [6, 6.07) is 15.9. The number of hydrogen-bond acceptors (Lipinski definition) is 1. The monoisotopic (exact) mass is 289 g/mol. The lowest BCUT2D eigenvalue weighted by Gasteiger charge is -2.24. The van der Waals surface area contributed by atoms with Crippen molar-refractivity contribution in [2.45, 2.75) is 33.7 Å². The molecule has 1 nitrogen and oxygen atoms in total. The molecule has 1 aliphatic heterocycles. The minimum absolute atomic E-state index is 0.274. The van der Waals surface area contributed by atoms with Crippen molar-refractivity contribution in [2.24, 2.45) is 0 Å². The number of rotatable bonds is 2. The van der Waals surface area contributed by atoms with Gasteiger partial charge < -0.3 is 5.32 Å². The van der Waals surface area contributed by atoms with Gasteiger partial charge in [0.1, 0.15) is 0 Å². The van der Waals surface area contributed by atoms with Crippen molar-refractivity contribution in [1.82, 2.24) is 5.32 Å². The van der Waals surface area contributed by atoms with Crippen LogP contribution in [-0.2, 0) is 0 Å². The van der Waals surface area contributed by atoms with Gasteiger partial charge in [-0.1, -0.05) is 47.5 Å². The summed E-state index contributed by atoms with van der Waals surface area (Å²) in [5.74, 6) is 0. The van der Waals surface area contributed by atoms with Crippen molar-refractivity contribution < 1.29 is 0 Å². The normalized spacial score (nSPS) is 17.5. The molecule has 0 fully saturated rings. The van der Waals surface area contributed by atoms with Gasteiger partial charge in [-0.15, -0.1) is 0 Å². The summed E-state index contributed by atoms with van der Waals surface area (Å²) in [5, 5.41) is 3.48. The van der Waals surface area contributed by atoms with E-state index in [2.05, 4.69) is 87.8 Å². The SMILES string of the molecule is CC1=C(C)C(c2cccc(-c3cc(C)cc(C)c3)c2)NC=C1. The van der Waals surface area contributed by atoms with Crippen LogP contribution in [0.3, 0.4) is 0 Å². The topological polar surface area (TPSA) is 12.0 Å². The molecule has 0 saturated heterocycles. The fourth-order valence-electron chi connectivity index (χ4n) is 3.14. The summed E-state index contributed by atoms with van der Waals surface area (Å²) in [4.78, 5) is 0. The molecule has 0 bridgehead atoms. The lowest BCUT2D eigenvalue weighted by Crippen LogP contribution is -2.20. The first-order valence-corrected chi connectivity index (χ1v) is 7.83. The van der Waals surface area contributed by atoms with E-state index in [1.165, 1.54) is 39.0 Å². The Morgan fingerprint density at radius 1 is 0.818 bits per heavy atom. The van der Waals surface area contributed by atoms with Gasteiger partial charge in [-0.2, -0.15) is 0 Å². The molecule has 1 aliphatic rings. The molecule has 0 saturated carbocycles. The predicted molar refractivity (Wildman–Crippen MR) is 94.7 cm³/mol. The second-order valence-corrected chi connectivity index (χ2v) is 6.30. The van der Waals surface area contributed by atoms with E-state index in [4.69, 9.17) is 0 Å². The van der Waals surface area contributed by atoms with E-state index in [0.29, 0.717) is 0 Å². The summed E-state index contributed by atoms with van der Waals surface area (Å²) >= 11 is 0. The molecule has 2 aromatic rings. The molecule has 1 heteroatoms. The van der Waals surface area contributed by atoms with Gasteiger partial charge in [0.15, 0.2) is 0 Å². The Labute approximate surface area is 133 Å². The standard InChI is InChI=1S/C21H23N/c1-14-10-15(2)12-20(11-14)18-6-5-7-19(13-18)21-17(4)16(3)8-9-22-21/h5-13,21-22H,1-4H3. The summed E-state index contributed by atoms with van der Waals surface area (Å²) in [6.07, 6.45) is 4.19. The van der Waals surface area contributed by atoms with Crippen LogP contribution in [0, 0.1) is 13.8 Å². The van der Waals surface area contributed by atoms with Crippen LogP contribution in [0.1, 0.15) is 36.6 Å². The number of aryl methyl sites for hydroxylation is 2. The van der Waals surface area contributed by atoms with Crippen LogP contribution < -0.4 is 5.32 Å². The minimum atomic E-state index is 0.274. The van der Waals surface area contributed by atoms with E-state index < -0.39 is 0 Å². The van der Waals surface area contributed by atoms with E-state index in [-0.39, 0.29) is 6.04 Å². The molecule has 0 radical (unpaired) electrons. The first kappa shape index (κ1) is 14.6. The summed E-state index contributed by atoms with van der Waals surface area (Å²) in [6.45, 7) is 8.70. The molecule has 1 N–H and O–H groups in total. The van der Waals surface area contributed by atoms with Crippen molar-refractivity contribution in [3.63, 3.8) is 0 Å². The Morgan fingerprint density at radius 2 is 1.55 bits per heavy atom. The highest BCUT2D eigenvalue weighted by Crippen LogP contribution is 2.30. The van der Waals surface area contributed by atoms with Crippen LogP contribution in [-0.4, -0.2) is 0 Å². The lowest BCUT2D eigenvalue weighted by atomic mass is 9.91. The summed E-state index contributed by atoms with van der Waals surface area (Å²) in [7, 11) is 0. The number of benzene rings is 2. The molecule has 2 aromatic carbocycles. The van der Waals surface area contributed by atoms with Crippen LogP contribution in [0.15, 0.2) is 65.9 Å². The van der Waals surface area contributed by atoms with Gasteiger partial charge in [0, 0.05) is 0 Å². The van der Waals surface area contributed by atoms with Crippen molar-refractivity contribution in [3.05, 3.63) is 82.6 Å². The minimum Gasteiger partial charge on any atom is -0.380 e. The van der Waals surface area contributed by atoms with Crippen molar-refractivity contribution in [3.8, 4) is 11.1 Å². The Balaban J connectivity index is 2.02. The number of allylic oxidation sites excluding steroid dienone is 2. The first-order valence-electron chi connectivity index (χ1n) is 7.83. The second-order valence-electron chi connectivity index (χ2n) is 6.30. The quantitative estimate of drug-likeness (QED) is 0.773. The zero-order valence-corrected chi connectivity index (χ0v) is 13.8. The lowest BCUT2D eigenvalue weighted by molar-refractivity contribution is 0.694. The van der Waals surface area contributed by atoms with Gasteiger partial charge in [0.05, 0.1) is 6.04 Å². The van der Waals surface area contributed by atoms with E-state index in [9.17, 15) is 0 Å². The van der Waals surface area contributed by atoms with Gasteiger partial charge >= 0.3 is 0 Å². The average Bonchev–Trinajstić information content (AvgIpc) is 2.49. The van der Waals surface area contributed by atoms with Crippen LogP contribution in [0.5, 0.6) is 0 Å². The van der Waals surface area contributed by atoms with Crippen molar-refractivity contribution in [2.75, 3.05) is 0 Å². The Kier molecular flexibility index (Phi) is 3.89. The fraction of sp³-hybridized carbons (Fsp3) is 0.238. The maximum absolute atomic E-state index is 3.48. The third-order valence-corrected chi connectivity index (χ3v) is 4.43. The number of nitrogens with one attached hydrogen (secondary N) is 1. The molecule has 3 rings (SSSR count). The molecule has 0 aliphatic carbocycles. The van der Waals surface area contributed by atoms with Gasteiger partial charge in [0.2, 0.25) is 0 Å². The van der Waals surface area contributed by atoms with Crippen molar-refractivity contribution in [1.29, 1.82) is 0 Å². The fourth-order valence-corrected chi connectivity index (χ4v) is 3.14. The van der Waals surface area contributed by atoms with Gasteiger partial charge in [-0.3, -0.25) is 0 Å². The third-order valence-electron chi connectivity index (χ3n) is 4.43. The third kappa shape index (κ3) is 2.85. The zero-order chi connectivity index (χ0) is 15.7. The maximum Gasteiger partial charge on any atom is 0.0725 e. The van der Waals surface area contributed by atoms with Crippen LogP contribution in [0.2, 0.25) is 0 Å². The molecule has 0 amide bonds. The van der Waals surface area contributed by atoms with Crippen LogP contribution in [0.4, 0.5) is 0 Å². The van der Waals surface area contributed by atoms with Crippen LogP contribution in [0.25, 0.3) is 11.1 Å². The van der Waals surface area contributed by atoms with Crippen molar-refractivity contribution >= 4 is 0 Å². The summed E-state index contributed by atoms with van der Waals surface area (Å²) in [5.41, 5.74) is 9.26. The maximum atomic E-state index is 3.48. The van der Waals surface area contributed by atoms with Gasteiger partial charge in [-0.05, 0) is 73.9 Å². The van der Waals surface area contributed by atoms with E-state index in [1.807, 2.05) is 0 Å². The molecule has 1 unspecified atom stereocenters. The molecular weight excluding hydrogens is 266 g/mol. The molecule has 1 atom stereocenters. The molecule has 112 valence electrons. The largest absolute Gasteiger partial charge is 0.380 e. The average molecular weight is 289 g/mol.